The van der Waals surface area contributed by atoms with Crippen molar-refractivity contribution in [2.45, 2.75) is 39.0 Å². The summed E-state index contributed by atoms with van der Waals surface area (Å²) in [6.45, 7) is 7.21. The van der Waals surface area contributed by atoms with Crippen LogP contribution in [0.25, 0.3) is 0 Å². The molecule has 0 saturated carbocycles. The van der Waals surface area contributed by atoms with E-state index in [-0.39, 0.29) is 28.9 Å². The minimum absolute atomic E-state index is 0.202. The predicted octanol–water partition coefficient (Wildman–Crippen LogP) is 2.16. The highest BCUT2D eigenvalue weighted by molar-refractivity contribution is 5.94. The Labute approximate surface area is 134 Å². The highest BCUT2D eigenvalue weighted by Crippen LogP contribution is 2.25. The van der Waals surface area contributed by atoms with Crippen molar-refractivity contribution >= 4 is 5.91 Å². The summed E-state index contributed by atoms with van der Waals surface area (Å²) in [6.07, 6.45) is 2.66. The van der Waals surface area contributed by atoms with Gasteiger partial charge in [-0.15, -0.1) is 0 Å². The largest absolute Gasteiger partial charge is 0.346 e. The number of aryl methyl sites for hydroxylation is 1. The SMILES string of the molecule is Cc1cnc([C@@H]2CCN(C(=O)c3ccc(C(C)C)[nH]c3=O)C2)[nH]1. The Morgan fingerprint density at radius 1 is 1.35 bits per heavy atom. The molecule has 23 heavy (non-hydrogen) atoms. The van der Waals surface area contributed by atoms with Crippen molar-refractivity contribution in [1.82, 2.24) is 19.9 Å². The first kappa shape index (κ1) is 15.5. The van der Waals surface area contributed by atoms with Gasteiger partial charge in [0.15, 0.2) is 0 Å². The summed E-state index contributed by atoms with van der Waals surface area (Å²) in [5, 5.41) is 0. The maximum Gasteiger partial charge on any atom is 0.261 e. The number of carbonyl (C=O) groups excluding carboxylic acids is 1. The molecule has 6 heteroatoms. The van der Waals surface area contributed by atoms with E-state index in [2.05, 4.69) is 15.0 Å². The molecule has 0 unspecified atom stereocenters. The molecule has 0 aliphatic carbocycles. The number of hydrogen-bond donors (Lipinski definition) is 2. The van der Waals surface area contributed by atoms with Crippen LogP contribution in [-0.2, 0) is 0 Å². The minimum Gasteiger partial charge on any atom is -0.346 e. The van der Waals surface area contributed by atoms with Crippen molar-refractivity contribution in [3.63, 3.8) is 0 Å². The van der Waals surface area contributed by atoms with Gasteiger partial charge in [0.25, 0.3) is 11.5 Å². The fourth-order valence-corrected chi connectivity index (χ4v) is 2.97. The van der Waals surface area contributed by atoms with Crippen molar-refractivity contribution in [3.8, 4) is 0 Å². The molecule has 1 atom stereocenters. The Balaban J connectivity index is 1.75. The normalized spacial score (nSPS) is 17.9. The molecule has 0 bridgehead atoms. The van der Waals surface area contributed by atoms with E-state index < -0.39 is 0 Å². The Bertz CT molecular complexity index is 775. The van der Waals surface area contributed by atoms with E-state index in [1.54, 1.807) is 17.2 Å². The number of nitrogens with zero attached hydrogens (tertiary/aromatic N) is 2. The van der Waals surface area contributed by atoms with Gasteiger partial charge in [0.05, 0.1) is 0 Å². The molecule has 3 rings (SSSR count). The average Bonchev–Trinajstić information content (AvgIpc) is 3.15. The summed E-state index contributed by atoms with van der Waals surface area (Å²) in [4.78, 5) is 36.9. The van der Waals surface area contributed by atoms with Gasteiger partial charge in [-0.05, 0) is 31.4 Å². The van der Waals surface area contributed by atoms with Crippen LogP contribution in [0.5, 0.6) is 0 Å². The van der Waals surface area contributed by atoms with Gasteiger partial charge < -0.3 is 14.9 Å². The zero-order valence-corrected chi connectivity index (χ0v) is 13.7. The number of rotatable bonds is 3. The van der Waals surface area contributed by atoms with Crippen LogP contribution in [0.1, 0.15) is 59.7 Å². The van der Waals surface area contributed by atoms with Crippen molar-refractivity contribution in [1.29, 1.82) is 0 Å². The molecule has 1 saturated heterocycles. The van der Waals surface area contributed by atoms with Crippen molar-refractivity contribution in [3.05, 3.63) is 51.5 Å². The highest BCUT2D eigenvalue weighted by Gasteiger charge is 2.30. The maximum absolute atomic E-state index is 12.6. The van der Waals surface area contributed by atoms with E-state index in [0.717, 1.165) is 23.6 Å². The number of pyridine rings is 1. The number of H-pyrrole nitrogens is 2. The standard InChI is InChI=1S/C17H22N4O2/c1-10(2)14-5-4-13(16(22)20-14)17(23)21-7-6-12(9-21)15-18-8-11(3)19-15/h4-5,8,10,12H,6-7,9H2,1-3H3,(H,18,19)(H,20,22)/t12-/m1/s1. The van der Waals surface area contributed by atoms with Crippen LogP contribution < -0.4 is 5.56 Å². The molecule has 2 aromatic rings. The lowest BCUT2D eigenvalue weighted by Crippen LogP contribution is -2.33. The topological polar surface area (TPSA) is 81.8 Å². The van der Waals surface area contributed by atoms with Crippen LogP contribution >= 0.6 is 0 Å². The first-order valence-electron chi connectivity index (χ1n) is 7.99. The summed E-state index contributed by atoms with van der Waals surface area (Å²) >= 11 is 0. The van der Waals surface area contributed by atoms with E-state index in [1.165, 1.54) is 0 Å². The minimum atomic E-state index is -0.307. The average molecular weight is 314 g/mol. The molecule has 2 N–H and O–H groups in total. The fourth-order valence-electron chi connectivity index (χ4n) is 2.97. The zero-order valence-electron chi connectivity index (χ0n) is 13.7. The van der Waals surface area contributed by atoms with Gasteiger partial charge in [-0.25, -0.2) is 4.98 Å². The van der Waals surface area contributed by atoms with Crippen molar-refractivity contribution in [2.75, 3.05) is 13.1 Å². The molecule has 2 aromatic heterocycles. The van der Waals surface area contributed by atoms with E-state index in [0.29, 0.717) is 13.1 Å². The smallest absolute Gasteiger partial charge is 0.261 e. The van der Waals surface area contributed by atoms with Gasteiger partial charge in [-0.3, -0.25) is 9.59 Å². The first-order chi connectivity index (χ1) is 11.0. The summed E-state index contributed by atoms with van der Waals surface area (Å²) in [6, 6.07) is 3.46. The number of amides is 1. The van der Waals surface area contributed by atoms with Crippen LogP contribution in [0.15, 0.2) is 23.1 Å². The third kappa shape index (κ3) is 3.06. The molecular formula is C17H22N4O2. The number of nitrogens with one attached hydrogen (secondary N) is 2. The van der Waals surface area contributed by atoms with Crippen LogP contribution in [0.4, 0.5) is 0 Å². The molecule has 0 spiro atoms. The van der Waals surface area contributed by atoms with Gasteiger partial charge >= 0.3 is 0 Å². The number of carbonyl (C=O) groups is 1. The fraction of sp³-hybridized carbons (Fsp3) is 0.471. The molecule has 1 fully saturated rings. The quantitative estimate of drug-likeness (QED) is 0.911. The molecule has 3 heterocycles. The van der Waals surface area contributed by atoms with Gasteiger partial charge in [0.1, 0.15) is 11.4 Å². The third-order valence-corrected chi connectivity index (χ3v) is 4.37. The molecule has 1 aliphatic rings. The lowest BCUT2D eigenvalue weighted by atomic mass is 10.1. The number of likely N-dealkylation sites (tertiary alicyclic amines) is 1. The molecular weight excluding hydrogens is 292 g/mol. The summed E-state index contributed by atoms with van der Waals surface area (Å²) in [7, 11) is 0. The van der Waals surface area contributed by atoms with Gasteiger partial charge in [0.2, 0.25) is 0 Å². The summed E-state index contributed by atoms with van der Waals surface area (Å²) in [5.41, 5.74) is 1.77. The van der Waals surface area contributed by atoms with Crippen LogP contribution in [-0.4, -0.2) is 38.8 Å². The Kier molecular flexibility index (Phi) is 4.07. The lowest BCUT2D eigenvalue weighted by Gasteiger charge is -2.16. The predicted molar refractivity (Wildman–Crippen MR) is 87.7 cm³/mol. The van der Waals surface area contributed by atoms with Crippen molar-refractivity contribution in [2.24, 2.45) is 0 Å². The van der Waals surface area contributed by atoms with Crippen LogP contribution in [0.2, 0.25) is 0 Å². The molecule has 6 nitrogen and oxygen atoms in total. The second kappa shape index (κ2) is 6.02. The highest BCUT2D eigenvalue weighted by atomic mass is 16.2. The number of aromatic amines is 2. The summed E-state index contributed by atoms with van der Waals surface area (Å²) < 4.78 is 0. The molecule has 122 valence electrons. The lowest BCUT2D eigenvalue weighted by molar-refractivity contribution is 0.0788. The number of hydrogen-bond acceptors (Lipinski definition) is 3. The van der Waals surface area contributed by atoms with Crippen molar-refractivity contribution < 1.29 is 4.79 Å². The molecule has 1 amide bonds. The monoisotopic (exact) mass is 314 g/mol. The Morgan fingerprint density at radius 3 is 2.74 bits per heavy atom. The maximum atomic E-state index is 12.6. The van der Waals surface area contributed by atoms with E-state index in [9.17, 15) is 9.59 Å². The number of aromatic nitrogens is 3. The van der Waals surface area contributed by atoms with Crippen LogP contribution in [0, 0.1) is 6.92 Å². The summed E-state index contributed by atoms with van der Waals surface area (Å²) in [5.74, 6) is 1.15. The Morgan fingerprint density at radius 2 is 2.13 bits per heavy atom. The van der Waals surface area contributed by atoms with Gasteiger partial charge in [-0.2, -0.15) is 0 Å². The van der Waals surface area contributed by atoms with E-state index in [4.69, 9.17) is 0 Å². The van der Waals surface area contributed by atoms with E-state index >= 15 is 0 Å². The molecule has 0 aromatic carbocycles. The number of imidazole rings is 1. The molecule has 0 radical (unpaired) electrons. The second-order valence-corrected chi connectivity index (χ2v) is 6.50. The zero-order chi connectivity index (χ0) is 16.6. The Hall–Kier alpha value is -2.37. The first-order valence-corrected chi connectivity index (χ1v) is 7.99. The van der Waals surface area contributed by atoms with Gasteiger partial charge in [-0.1, -0.05) is 13.8 Å². The van der Waals surface area contributed by atoms with Crippen LogP contribution in [0.3, 0.4) is 0 Å². The molecule has 1 aliphatic heterocycles. The third-order valence-electron chi connectivity index (χ3n) is 4.37. The van der Waals surface area contributed by atoms with E-state index in [1.807, 2.05) is 26.8 Å². The second-order valence-electron chi connectivity index (χ2n) is 6.50. The van der Waals surface area contributed by atoms with Gasteiger partial charge in [0, 0.05) is 36.6 Å².